The molecule has 6 heteroatoms. The standard InChI is InChI=1S/C17H19N3O3/c1-10-2-3-13-12(8-10)15-16(23-13)17(22)19-14(18-15)9-20-6-4-11(21)5-7-20/h2-3,8,11,21H,4-7,9H2,1H3,(H,18,19,22). The molecule has 0 radical (unpaired) electrons. The first-order valence-electron chi connectivity index (χ1n) is 7.92. The summed E-state index contributed by atoms with van der Waals surface area (Å²) in [6.45, 7) is 4.21. The highest BCUT2D eigenvalue weighted by Gasteiger charge is 2.19. The SMILES string of the molecule is Cc1ccc2oc3c(=O)[nH]c(CN4CCC(O)CC4)nc3c2c1. The minimum absolute atomic E-state index is 0.207. The second-order valence-electron chi connectivity index (χ2n) is 6.30. The number of H-pyrrole nitrogens is 1. The molecule has 1 fully saturated rings. The Kier molecular flexibility index (Phi) is 3.43. The first-order valence-corrected chi connectivity index (χ1v) is 7.92. The summed E-state index contributed by atoms with van der Waals surface area (Å²) in [5.74, 6) is 0.642. The van der Waals surface area contributed by atoms with E-state index >= 15 is 0 Å². The molecule has 2 aromatic heterocycles. The fourth-order valence-corrected chi connectivity index (χ4v) is 3.18. The topological polar surface area (TPSA) is 82.4 Å². The van der Waals surface area contributed by atoms with Crippen LogP contribution in [0.5, 0.6) is 0 Å². The van der Waals surface area contributed by atoms with Gasteiger partial charge in [-0.05, 0) is 31.9 Å². The van der Waals surface area contributed by atoms with Gasteiger partial charge in [-0.3, -0.25) is 9.69 Å². The number of furan rings is 1. The number of aromatic amines is 1. The van der Waals surface area contributed by atoms with Gasteiger partial charge >= 0.3 is 0 Å². The number of aliphatic hydroxyl groups is 1. The van der Waals surface area contributed by atoms with Crippen LogP contribution in [0.2, 0.25) is 0 Å². The van der Waals surface area contributed by atoms with Gasteiger partial charge in [0.05, 0.1) is 12.6 Å². The summed E-state index contributed by atoms with van der Waals surface area (Å²) >= 11 is 0. The maximum atomic E-state index is 12.3. The van der Waals surface area contributed by atoms with Gasteiger partial charge in [0.1, 0.15) is 16.9 Å². The predicted molar refractivity (Wildman–Crippen MR) is 87.4 cm³/mol. The van der Waals surface area contributed by atoms with E-state index in [1.807, 2.05) is 25.1 Å². The number of hydrogen-bond acceptors (Lipinski definition) is 5. The van der Waals surface area contributed by atoms with Crippen molar-refractivity contribution >= 4 is 22.1 Å². The van der Waals surface area contributed by atoms with E-state index in [0.717, 1.165) is 36.9 Å². The number of rotatable bonds is 2. The van der Waals surface area contributed by atoms with Crippen LogP contribution in [0.3, 0.4) is 0 Å². The van der Waals surface area contributed by atoms with Crippen LogP contribution in [0, 0.1) is 6.92 Å². The molecule has 1 aliphatic rings. The highest BCUT2D eigenvalue weighted by Crippen LogP contribution is 2.26. The van der Waals surface area contributed by atoms with Crippen LogP contribution in [-0.4, -0.2) is 39.2 Å². The van der Waals surface area contributed by atoms with Gasteiger partial charge in [-0.1, -0.05) is 11.6 Å². The van der Waals surface area contributed by atoms with Crippen molar-refractivity contribution < 1.29 is 9.52 Å². The smallest absolute Gasteiger partial charge is 0.294 e. The van der Waals surface area contributed by atoms with Crippen molar-refractivity contribution in [2.75, 3.05) is 13.1 Å². The van der Waals surface area contributed by atoms with Crippen molar-refractivity contribution in [1.29, 1.82) is 0 Å². The Morgan fingerprint density at radius 3 is 2.96 bits per heavy atom. The molecule has 0 amide bonds. The average Bonchev–Trinajstić information content (AvgIpc) is 2.88. The van der Waals surface area contributed by atoms with Crippen LogP contribution < -0.4 is 5.56 Å². The lowest BCUT2D eigenvalue weighted by atomic mass is 10.1. The number of benzene rings is 1. The number of aliphatic hydroxyl groups excluding tert-OH is 1. The summed E-state index contributed by atoms with van der Waals surface area (Å²) in [6, 6.07) is 5.82. The monoisotopic (exact) mass is 313 g/mol. The molecule has 4 rings (SSSR count). The van der Waals surface area contributed by atoms with Crippen LogP contribution in [0.1, 0.15) is 24.2 Å². The molecule has 0 spiro atoms. The number of nitrogens with zero attached hydrogens (tertiary/aromatic N) is 2. The average molecular weight is 313 g/mol. The Labute approximate surface area is 132 Å². The molecule has 3 aromatic rings. The Morgan fingerprint density at radius 2 is 2.17 bits per heavy atom. The maximum Gasteiger partial charge on any atom is 0.294 e. The molecule has 6 nitrogen and oxygen atoms in total. The summed E-state index contributed by atoms with van der Waals surface area (Å²) in [5.41, 5.74) is 2.45. The first-order chi connectivity index (χ1) is 11.1. The van der Waals surface area contributed by atoms with E-state index < -0.39 is 0 Å². The largest absolute Gasteiger partial charge is 0.449 e. The van der Waals surface area contributed by atoms with Gasteiger partial charge in [0.25, 0.3) is 5.56 Å². The van der Waals surface area contributed by atoms with Crippen molar-refractivity contribution in [3.8, 4) is 0 Å². The number of fused-ring (bicyclic) bond motifs is 3. The predicted octanol–water partition coefficient (Wildman–Crippen LogP) is 1.93. The van der Waals surface area contributed by atoms with Gasteiger partial charge < -0.3 is 14.5 Å². The van der Waals surface area contributed by atoms with Gasteiger partial charge in [-0.2, -0.15) is 0 Å². The van der Waals surface area contributed by atoms with E-state index in [1.165, 1.54) is 0 Å². The lowest BCUT2D eigenvalue weighted by Gasteiger charge is -2.28. The molecule has 1 saturated heterocycles. The van der Waals surface area contributed by atoms with Crippen molar-refractivity contribution in [2.45, 2.75) is 32.4 Å². The van der Waals surface area contributed by atoms with Crippen LogP contribution in [0.4, 0.5) is 0 Å². The van der Waals surface area contributed by atoms with Crippen LogP contribution >= 0.6 is 0 Å². The summed E-state index contributed by atoms with van der Waals surface area (Å²) in [7, 11) is 0. The number of piperidine rings is 1. The normalized spacial score (nSPS) is 17.3. The lowest BCUT2D eigenvalue weighted by molar-refractivity contribution is 0.0780. The summed E-state index contributed by atoms with van der Waals surface area (Å²) in [5, 5.41) is 10.5. The van der Waals surface area contributed by atoms with E-state index in [0.29, 0.717) is 23.5 Å². The van der Waals surface area contributed by atoms with E-state index in [1.54, 1.807) is 0 Å². The number of aromatic nitrogens is 2. The number of nitrogens with one attached hydrogen (secondary N) is 1. The van der Waals surface area contributed by atoms with Crippen molar-refractivity contribution in [3.05, 3.63) is 39.9 Å². The van der Waals surface area contributed by atoms with Crippen molar-refractivity contribution in [1.82, 2.24) is 14.9 Å². The molecule has 3 heterocycles. The quantitative estimate of drug-likeness (QED) is 0.755. The first kappa shape index (κ1) is 14.4. The maximum absolute atomic E-state index is 12.3. The van der Waals surface area contributed by atoms with Gasteiger partial charge in [0.2, 0.25) is 5.58 Å². The Bertz CT molecular complexity index is 920. The molecule has 0 bridgehead atoms. The van der Waals surface area contributed by atoms with E-state index in [-0.39, 0.29) is 17.2 Å². The third-order valence-corrected chi connectivity index (χ3v) is 4.46. The second kappa shape index (κ2) is 5.47. The number of hydrogen-bond donors (Lipinski definition) is 2. The van der Waals surface area contributed by atoms with E-state index in [2.05, 4.69) is 14.9 Å². The highest BCUT2D eigenvalue weighted by atomic mass is 16.3. The van der Waals surface area contributed by atoms with E-state index in [4.69, 9.17) is 4.42 Å². The molecular formula is C17H19N3O3. The molecule has 1 aromatic carbocycles. The van der Waals surface area contributed by atoms with E-state index in [9.17, 15) is 9.90 Å². The summed E-state index contributed by atoms with van der Waals surface area (Å²) < 4.78 is 5.64. The van der Waals surface area contributed by atoms with Crippen LogP contribution in [-0.2, 0) is 6.54 Å². The zero-order valence-corrected chi connectivity index (χ0v) is 13.0. The number of likely N-dealkylation sites (tertiary alicyclic amines) is 1. The summed E-state index contributed by atoms with van der Waals surface area (Å²) in [4.78, 5) is 21.9. The second-order valence-corrected chi connectivity index (χ2v) is 6.30. The van der Waals surface area contributed by atoms with Gasteiger partial charge in [-0.15, -0.1) is 0 Å². The molecule has 1 aliphatic heterocycles. The Hall–Kier alpha value is -2.18. The van der Waals surface area contributed by atoms with Gasteiger partial charge in [-0.25, -0.2) is 4.98 Å². The van der Waals surface area contributed by atoms with Crippen molar-refractivity contribution in [3.63, 3.8) is 0 Å². The summed E-state index contributed by atoms with van der Waals surface area (Å²) in [6.07, 6.45) is 1.32. The van der Waals surface area contributed by atoms with Gasteiger partial charge in [0, 0.05) is 18.5 Å². The Morgan fingerprint density at radius 1 is 1.39 bits per heavy atom. The molecule has 0 aliphatic carbocycles. The van der Waals surface area contributed by atoms with Crippen LogP contribution in [0.25, 0.3) is 22.1 Å². The molecule has 23 heavy (non-hydrogen) atoms. The minimum Gasteiger partial charge on any atom is -0.449 e. The minimum atomic E-state index is -0.240. The zero-order chi connectivity index (χ0) is 16.0. The molecular weight excluding hydrogens is 294 g/mol. The molecule has 0 saturated carbocycles. The molecule has 0 atom stereocenters. The highest BCUT2D eigenvalue weighted by molar-refractivity contribution is 6.02. The zero-order valence-electron chi connectivity index (χ0n) is 13.0. The third kappa shape index (κ3) is 2.64. The third-order valence-electron chi connectivity index (χ3n) is 4.46. The molecule has 2 N–H and O–H groups in total. The fraction of sp³-hybridized carbons (Fsp3) is 0.412. The van der Waals surface area contributed by atoms with Crippen molar-refractivity contribution in [2.24, 2.45) is 0 Å². The molecule has 0 unspecified atom stereocenters. The lowest BCUT2D eigenvalue weighted by Crippen LogP contribution is -2.36. The molecule has 120 valence electrons. The number of aryl methyl sites for hydroxylation is 1. The van der Waals surface area contributed by atoms with Gasteiger partial charge in [0.15, 0.2) is 0 Å². The van der Waals surface area contributed by atoms with Crippen LogP contribution in [0.15, 0.2) is 27.4 Å². The Balaban J connectivity index is 1.75. The fourth-order valence-electron chi connectivity index (χ4n) is 3.18.